The van der Waals surface area contributed by atoms with Crippen LogP contribution in [-0.4, -0.2) is 98.3 Å². The fourth-order valence-electron chi connectivity index (χ4n) is 4.20. The number of aliphatic hydroxyl groups is 3. The zero-order valence-electron chi connectivity index (χ0n) is 24.2. The number of anilines is 3. The molecule has 0 atom stereocenters. The minimum absolute atomic E-state index is 0.00268. The largest absolute Gasteiger partial charge is 0.494 e. The molecule has 1 aliphatic carbocycles. The van der Waals surface area contributed by atoms with Crippen molar-refractivity contribution in [1.29, 1.82) is 0 Å². The van der Waals surface area contributed by atoms with Gasteiger partial charge in [0.2, 0.25) is 5.91 Å². The van der Waals surface area contributed by atoms with Crippen LogP contribution in [0.4, 0.5) is 17.2 Å². The van der Waals surface area contributed by atoms with Crippen molar-refractivity contribution in [3.63, 3.8) is 0 Å². The van der Waals surface area contributed by atoms with Crippen LogP contribution in [-0.2, 0) is 11.8 Å². The molecule has 1 saturated carbocycles. The van der Waals surface area contributed by atoms with Crippen LogP contribution in [0.15, 0.2) is 30.3 Å². The van der Waals surface area contributed by atoms with Gasteiger partial charge in [-0.1, -0.05) is 6.07 Å². The Bertz CT molecular complexity index is 1500. The van der Waals surface area contributed by atoms with Gasteiger partial charge in [-0.25, -0.2) is 0 Å². The fraction of sp³-hybridized carbons (Fsp3) is 0.407. The summed E-state index contributed by atoms with van der Waals surface area (Å²) in [6.45, 7) is 1.34. The van der Waals surface area contributed by atoms with Gasteiger partial charge in [-0.15, -0.1) is 10.2 Å². The number of aromatic nitrogens is 4. The van der Waals surface area contributed by atoms with E-state index in [0.717, 1.165) is 25.8 Å². The maximum absolute atomic E-state index is 12.8. The molecule has 3 amide bonds. The van der Waals surface area contributed by atoms with Gasteiger partial charge in [-0.3, -0.25) is 24.4 Å². The van der Waals surface area contributed by atoms with Crippen molar-refractivity contribution in [1.82, 2.24) is 35.5 Å². The summed E-state index contributed by atoms with van der Waals surface area (Å²) in [4.78, 5) is 39.8. The molecule has 0 bridgehead atoms. The number of ether oxygens (including phenoxy) is 1. The Labute approximate surface area is 247 Å². The molecule has 2 aromatic heterocycles. The highest BCUT2D eigenvalue weighted by Crippen LogP contribution is 2.38. The zero-order chi connectivity index (χ0) is 31.3. The van der Waals surface area contributed by atoms with Crippen LogP contribution in [0.25, 0.3) is 11.3 Å². The lowest BCUT2D eigenvalue weighted by Crippen LogP contribution is -2.48. The summed E-state index contributed by atoms with van der Waals surface area (Å²) in [6, 6.07) is 8.04. The number of nitrogens with zero attached hydrogens (tertiary/aromatic N) is 5. The van der Waals surface area contributed by atoms with Crippen molar-refractivity contribution < 1.29 is 34.4 Å². The number of carbonyl (C=O) groups excluding carboxylic acids is 3. The molecule has 7 N–H and O–H groups in total. The maximum Gasteiger partial charge on any atom is 0.369 e. The molecule has 4 rings (SSSR count). The number of methoxy groups -OCH3 is 1. The highest BCUT2D eigenvalue weighted by atomic mass is 16.7. The van der Waals surface area contributed by atoms with Crippen LogP contribution in [0.5, 0.6) is 5.75 Å². The molecule has 0 spiro atoms. The number of hydrogen-bond donors (Lipinski definition) is 7. The molecule has 43 heavy (non-hydrogen) atoms. The van der Waals surface area contributed by atoms with Crippen molar-refractivity contribution in [2.45, 2.75) is 25.4 Å². The van der Waals surface area contributed by atoms with E-state index in [1.54, 1.807) is 36.6 Å². The van der Waals surface area contributed by atoms with E-state index in [4.69, 9.17) is 4.74 Å². The number of hydrogen-bond acceptors (Lipinski definition) is 12. The van der Waals surface area contributed by atoms with Gasteiger partial charge in [0.05, 0.1) is 24.2 Å². The van der Waals surface area contributed by atoms with Crippen molar-refractivity contribution in [3.8, 4) is 17.0 Å². The zero-order valence-corrected chi connectivity index (χ0v) is 24.2. The van der Waals surface area contributed by atoms with E-state index in [1.165, 1.54) is 17.9 Å². The van der Waals surface area contributed by atoms with Crippen molar-refractivity contribution in [2.75, 3.05) is 44.9 Å². The number of carbonyl (C=O) groups is 3. The molecule has 0 saturated heterocycles. The summed E-state index contributed by atoms with van der Waals surface area (Å²) in [7, 11) is 7.01. The van der Waals surface area contributed by atoms with Crippen LogP contribution in [0, 0.1) is 5.92 Å². The second-order valence-electron chi connectivity index (χ2n) is 10.3. The Balaban J connectivity index is 1.64. The number of aryl methyl sites for hydroxylation is 1. The Morgan fingerprint density at radius 3 is 2.49 bits per heavy atom. The van der Waals surface area contributed by atoms with E-state index < -0.39 is 17.7 Å². The number of rotatable bonds is 13. The van der Waals surface area contributed by atoms with Crippen molar-refractivity contribution >= 4 is 34.9 Å². The Kier molecular flexibility index (Phi) is 9.55. The molecule has 0 aliphatic heterocycles. The lowest BCUT2D eigenvalue weighted by molar-refractivity contribution is -0.323. The first-order chi connectivity index (χ1) is 20.4. The summed E-state index contributed by atoms with van der Waals surface area (Å²) < 4.78 is 7.15. The fourth-order valence-corrected chi connectivity index (χ4v) is 4.20. The minimum Gasteiger partial charge on any atom is -0.494 e. The van der Waals surface area contributed by atoms with Gasteiger partial charge in [0.25, 0.3) is 11.8 Å². The van der Waals surface area contributed by atoms with E-state index in [1.807, 2.05) is 19.0 Å². The monoisotopic (exact) mass is 597 g/mol. The number of benzene rings is 1. The minimum atomic E-state index is -3.51. The summed E-state index contributed by atoms with van der Waals surface area (Å²) in [6.07, 6.45) is -1.21. The van der Waals surface area contributed by atoms with Crippen molar-refractivity contribution in [2.24, 2.45) is 13.0 Å². The Morgan fingerprint density at radius 2 is 1.84 bits per heavy atom. The van der Waals surface area contributed by atoms with Crippen molar-refractivity contribution in [3.05, 3.63) is 41.7 Å². The first kappa shape index (κ1) is 31.3. The standard InChI is InChI=1S/C27H35N9O7/c1-35(2)12-6-11-28-25(38)20-13-18(34-36(20)3)16-7-5-8-17(23(16)43-4)29-19-14-21(30-24(37)15-9-10-15)32-33-22(19)26(39)31-27(40,41)42/h5,7-8,13-15,40-42H,6,9-12H2,1-4H3,(H,28,38)(H,31,39)(H2,29,30,32,37). The molecule has 0 radical (unpaired) electrons. The van der Waals surface area contributed by atoms with Gasteiger partial charge < -0.3 is 40.9 Å². The number of para-hydroxylation sites is 1. The molecule has 230 valence electrons. The number of nitrogens with one attached hydrogen (secondary N) is 4. The molecule has 2 heterocycles. The van der Waals surface area contributed by atoms with E-state index in [9.17, 15) is 29.7 Å². The van der Waals surface area contributed by atoms with Crippen LogP contribution < -0.4 is 26.0 Å². The highest BCUT2D eigenvalue weighted by Gasteiger charge is 2.31. The SMILES string of the molecule is COc1c(Nc2cc(NC(=O)C3CC3)nnc2C(=O)NC(O)(O)O)cccc1-c1cc(C(=O)NCCCN(C)C)n(C)n1. The first-order valence-corrected chi connectivity index (χ1v) is 13.5. The van der Waals surface area contributed by atoms with Crippen LogP contribution in [0.1, 0.15) is 40.2 Å². The Hall–Kier alpha value is -4.64. The topological polar surface area (TPSA) is 216 Å². The van der Waals surface area contributed by atoms with E-state index in [0.29, 0.717) is 34.9 Å². The molecule has 0 unspecified atom stereocenters. The van der Waals surface area contributed by atoms with Gasteiger partial charge in [-0.05, 0) is 58.1 Å². The van der Waals surface area contributed by atoms with E-state index >= 15 is 0 Å². The van der Waals surface area contributed by atoms with Crippen LogP contribution >= 0.6 is 0 Å². The second-order valence-corrected chi connectivity index (χ2v) is 10.3. The van der Waals surface area contributed by atoms with Gasteiger partial charge in [0.15, 0.2) is 17.3 Å². The average molecular weight is 598 g/mol. The molecule has 16 heteroatoms. The summed E-state index contributed by atoms with van der Waals surface area (Å²) in [5, 5.41) is 50.0. The Morgan fingerprint density at radius 1 is 1.09 bits per heavy atom. The molecule has 1 aromatic carbocycles. The predicted octanol–water partition coefficient (Wildman–Crippen LogP) is -0.0227. The van der Waals surface area contributed by atoms with Gasteiger partial charge >= 0.3 is 6.10 Å². The molecule has 1 aliphatic rings. The molecule has 1 fully saturated rings. The normalized spacial score (nSPS) is 13.0. The third kappa shape index (κ3) is 8.23. The summed E-state index contributed by atoms with van der Waals surface area (Å²) >= 11 is 0. The van der Waals surface area contributed by atoms with E-state index in [-0.39, 0.29) is 29.2 Å². The average Bonchev–Trinajstić information content (AvgIpc) is 3.71. The molecule has 3 aromatic rings. The first-order valence-electron chi connectivity index (χ1n) is 13.5. The predicted molar refractivity (Wildman–Crippen MR) is 154 cm³/mol. The maximum atomic E-state index is 12.8. The smallest absolute Gasteiger partial charge is 0.369 e. The van der Waals surface area contributed by atoms with Crippen LogP contribution in [0.2, 0.25) is 0 Å². The highest BCUT2D eigenvalue weighted by molar-refractivity contribution is 6.00. The third-order valence-corrected chi connectivity index (χ3v) is 6.43. The molecule has 16 nitrogen and oxygen atoms in total. The third-order valence-electron chi connectivity index (χ3n) is 6.43. The lowest BCUT2D eigenvalue weighted by atomic mass is 10.1. The number of amides is 3. The van der Waals surface area contributed by atoms with Gasteiger partial charge in [-0.2, -0.15) is 5.10 Å². The van der Waals surface area contributed by atoms with Crippen LogP contribution in [0.3, 0.4) is 0 Å². The lowest BCUT2D eigenvalue weighted by Gasteiger charge is -2.18. The molecular weight excluding hydrogens is 562 g/mol. The molecular formula is C27H35N9O7. The van der Waals surface area contributed by atoms with Gasteiger partial charge in [0, 0.05) is 31.1 Å². The quantitative estimate of drug-likeness (QED) is 0.102. The second kappa shape index (κ2) is 13.1. The van der Waals surface area contributed by atoms with E-state index in [2.05, 4.69) is 31.2 Å². The summed E-state index contributed by atoms with van der Waals surface area (Å²) in [5.74, 6) is -1.49. The summed E-state index contributed by atoms with van der Waals surface area (Å²) in [5.41, 5.74) is 1.21. The van der Waals surface area contributed by atoms with Gasteiger partial charge in [0.1, 0.15) is 5.69 Å².